The van der Waals surface area contributed by atoms with Crippen LogP contribution in [0.2, 0.25) is 5.22 Å². The molecule has 10 heteroatoms. The zero-order valence-corrected chi connectivity index (χ0v) is 18.4. The average Bonchev–Trinajstić information content (AvgIpc) is 3.51. The van der Waals surface area contributed by atoms with Gasteiger partial charge in [-0.05, 0) is 42.0 Å². The van der Waals surface area contributed by atoms with E-state index in [-0.39, 0.29) is 5.22 Å². The van der Waals surface area contributed by atoms with Crippen LogP contribution >= 0.6 is 11.6 Å². The molecule has 9 nitrogen and oxygen atoms in total. The van der Waals surface area contributed by atoms with Crippen LogP contribution in [-0.4, -0.2) is 34.5 Å². The molecule has 0 spiro atoms. The Morgan fingerprint density at radius 1 is 1.12 bits per heavy atom. The highest BCUT2D eigenvalue weighted by molar-refractivity contribution is 6.29. The molecule has 4 heterocycles. The number of hydrogen-bond acceptors (Lipinski definition) is 7. The zero-order chi connectivity index (χ0) is 22.2. The monoisotopic (exact) mass is 461 g/mol. The molecule has 0 unspecified atom stereocenters. The minimum atomic E-state index is 0.176. The van der Waals surface area contributed by atoms with Crippen molar-refractivity contribution in [3.8, 4) is 17.4 Å². The second-order valence-corrected chi connectivity index (χ2v) is 8.46. The van der Waals surface area contributed by atoms with E-state index in [0.717, 1.165) is 30.8 Å². The van der Waals surface area contributed by atoms with Crippen molar-refractivity contribution in [1.29, 1.82) is 0 Å². The highest BCUT2D eigenvalue weighted by Gasteiger charge is 2.26. The summed E-state index contributed by atoms with van der Waals surface area (Å²) in [5.74, 6) is 2.23. The summed E-state index contributed by atoms with van der Waals surface area (Å²) in [7, 11) is 0. The molecule has 0 N–H and O–H groups in total. The van der Waals surface area contributed by atoms with E-state index in [9.17, 15) is 0 Å². The van der Waals surface area contributed by atoms with Gasteiger partial charge in [-0.15, -0.1) is 15.3 Å². The van der Waals surface area contributed by atoms with Crippen molar-refractivity contribution in [2.75, 3.05) is 0 Å². The van der Waals surface area contributed by atoms with Crippen LogP contribution in [0.4, 0.5) is 0 Å². The number of imidazole rings is 1. The van der Waals surface area contributed by atoms with E-state index in [1.807, 2.05) is 30.5 Å². The fourth-order valence-corrected chi connectivity index (χ4v) is 4.15. The van der Waals surface area contributed by atoms with E-state index in [2.05, 4.69) is 37.0 Å². The number of fused-ring (bicyclic) bond motifs is 1. The van der Waals surface area contributed by atoms with E-state index in [1.54, 1.807) is 16.8 Å². The van der Waals surface area contributed by atoms with Crippen molar-refractivity contribution in [3.05, 3.63) is 77.0 Å². The molecule has 4 aromatic heterocycles. The smallest absolute Gasteiger partial charge is 0.235 e. The first-order valence-electron chi connectivity index (χ1n) is 10.8. The molecule has 6 rings (SSSR count). The molecule has 0 amide bonds. The molecular weight excluding hydrogens is 442 g/mol. The summed E-state index contributed by atoms with van der Waals surface area (Å²) < 4.78 is 14.9. The Morgan fingerprint density at radius 3 is 2.76 bits per heavy atom. The average molecular weight is 462 g/mol. The van der Waals surface area contributed by atoms with Crippen molar-refractivity contribution in [3.63, 3.8) is 0 Å². The predicted molar refractivity (Wildman–Crippen MR) is 120 cm³/mol. The first-order valence-corrected chi connectivity index (χ1v) is 11.2. The third-order valence-electron chi connectivity index (χ3n) is 5.98. The minimum Gasteiger partial charge on any atom is -0.468 e. The molecule has 1 aromatic carbocycles. The van der Waals surface area contributed by atoms with Gasteiger partial charge in [0.2, 0.25) is 16.9 Å². The SMILES string of the molecule is Clc1cc(-c2nnc3cc(C4CCC4)c(OCc4nccn4Cc4ccccc4)nn23)no1. The molecule has 0 saturated heterocycles. The van der Waals surface area contributed by atoms with Gasteiger partial charge in [0.05, 0.1) is 0 Å². The van der Waals surface area contributed by atoms with E-state index >= 15 is 0 Å². The summed E-state index contributed by atoms with van der Waals surface area (Å²) in [6.07, 6.45) is 7.16. The standard InChI is InChI=1S/C23H20ClN7O2/c24-19-12-18(29-33-19)22-27-26-20-11-17(16-7-4-8-16)23(28-31(20)22)32-14-21-25-9-10-30(21)13-15-5-2-1-3-6-15/h1-3,5-6,9-12,16H,4,7-8,13-14H2. The topological polar surface area (TPSA) is 96.2 Å². The van der Waals surface area contributed by atoms with Crippen LogP contribution in [0.25, 0.3) is 17.2 Å². The Morgan fingerprint density at radius 2 is 2.00 bits per heavy atom. The number of ether oxygens (including phenoxy) is 1. The molecule has 33 heavy (non-hydrogen) atoms. The van der Waals surface area contributed by atoms with Crippen molar-refractivity contribution in [1.82, 2.24) is 34.5 Å². The number of nitrogens with zero attached hydrogens (tertiary/aromatic N) is 7. The molecule has 0 aliphatic heterocycles. The maximum absolute atomic E-state index is 6.25. The molecule has 1 aliphatic rings. The van der Waals surface area contributed by atoms with E-state index in [4.69, 9.17) is 26.0 Å². The summed E-state index contributed by atoms with van der Waals surface area (Å²) in [6, 6.07) is 13.9. The fourth-order valence-electron chi connectivity index (χ4n) is 4.01. The van der Waals surface area contributed by atoms with Crippen molar-refractivity contribution < 1.29 is 9.26 Å². The van der Waals surface area contributed by atoms with Gasteiger partial charge in [0.15, 0.2) is 11.3 Å². The van der Waals surface area contributed by atoms with Gasteiger partial charge in [-0.2, -0.15) is 4.52 Å². The van der Waals surface area contributed by atoms with Crippen molar-refractivity contribution in [2.45, 2.75) is 38.3 Å². The summed E-state index contributed by atoms with van der Waals surface area (Å²) in [5, 5.41) is 17.4. The van der Waals surface area contributed by atoms with Gasteiger partial charge in [-0.3, -0.25) is 0 Å². The largest absolute Gasteiger partial charge is 0.468 e. The normalized spacial score (nSPS) is 14.0. The third kappa shape index (κ3) is 3.84. The van der Waals surface area contributed by atoms with Crippen LogP contribution in [0.15, 0.2) is 59.4 Å². The molecular formula is C23H20ClN7O2. The maximum atomic E-state index is 6.25. The molecule has 0 atom stereocenters. The van der Waals surface area contributed by atoms with Crippen LogP contribution < -0.4 is 4.74 Å². The van der Waals surface area contributed by atoms with Gasteiger partial charge in [0, 0.05) is 30.6 Å². The Kier molecular flexibility index (Phi) is 5.03. The number of benzene rings is 1. The summed E-state index contributed by atoms with van der Waals surface area (Å²) >= 11 is 5.89. The van der Waals surface area contributed by atoms with Gasteiger partial charge in [-0.25, -0.2) is 4.98 Å². The molecule has 1 fully saturated rings. The van der Waals surface area contributed by atoms with E-state index in [0.29, 0.717) is 35.6 Å². The first kappa shape index (κ1) is 19.9. The lowest BCUT2D eigenvalue weighted by atomic mass is 9.80. The molecule has 0 bridgehead atoms. The van der Waals surface area contributed by atoms with Crippen LogP contribution in [0, 0.1) is 0 Å². The Hall–Kier alpha value is -3.72. The summed E-state index contributed by atoms with van der Waals surface area (Å²) in [6.45, 7) is 1.02. The van der Waals surface area contributed by atoms with Gasteiger partial charge in [0.1, 0.15) is 12.4 Å². The maximum Gasteiger partial charge on any atom is 0.235 e. The first-order chi connectivity index (χ1) is 16.2. The third-order valence-corrected chi connectivity index (χ3v) is 6.16. The molecule has 1 saturated carbocycles. The highest BCUT2D eigenvalue weighted by atomic mass is 35.5. The Balaban J connectivity index is 1.32. The summed E-state index contributed by atoms with van der Waals surface area (Å²) in [4.78, 5) is 4.50. The summed E-state index contributed by atoms with van der Waals surface area (Å²) in [5.41, 5.74) is 3.34. The fraction of sp³-hybridized carbons (Fsp3) is 0.261. The van der Waals surface area contributed by atoms with Crippen LogP contribution in [-0.2, 0) is 13.2 Å². The van der Waals surface area contributed by atoms with Gasteiger partial charge in [0.25, 0.3) is 0 Å². The van der Waals surface area contributed by atoms with E-state index < -0.39 is 0 Å². The van der Waals surface area contributed by atoms with Crippen LogP contribution in [0.1, 0.15) is 42.1 Å². The number of rotatable bonds is 7. The van der Waals surface area contributed by atoms with Gasteiger partial charge >= 0.3 is 0 Å². The molecule has 166 valence electrons. The lowest BCUT2D eigenvalue weighted by Gasteiger charge is -2.26. The number of aromatic nitrogens is 7. The molecule has 5 aromatic rings. The second-order valence-electron chi connectivity index (χ2n) is 8.09. The minimum absolute atomic E-state index is 0.176. The lowest BCUT2D eigenvalue weighted by Crippen LogP contribution is -2.15. The molecule has 0 radical (unpaired) electrons. The quantitative estimate of drug-likeness (QED) is 0.351. The second kappa shape index (κ2) is 8.32. The Bertz CT molecular complexity index is 1400. The zero-order valence-electron chi connectivity index (χ0n) is 17.6. The van der Waals surface area contributed by atoms with Crippen molar-refractivity contribution >= 4 is 17.2 Å². The predicted octanol–water partition coefficient (Wildman–Crippen LogP) is 4.52. The van der Waals surface area contributed by atoms with Gasteiger partial charge < -0.3 is 13.8 Å². The van der Waals surface area contributed by atoms with Crippen LogP contribution in [0.5, 0.6) is 5.88 Å². The lowest BCUT2D eigenvalue weighted by molar-refractivity contribution is 0.264. The van der Waals surface area contributed by atoms with E-state index in [1.165, 1.54) is 12.0 Å². The van der Waals surface area contributed by atoms with Crippen molar-refractivity contribution in [2.24, 2.45) is 0 Å². The Labute approximate surface area is 194 Å². The van der Waals surface area contributed by atoms with Gasteiger partial charge in [-0.1, -0.05) is 41.9 Å². The van der Waals surface area contributed by atoms with Crippen LogP contribution in [0.3, 0.4) is 0 Å². The number of hydrogen-bond donors (Lipinski definition) is 0. The molecule has 1 aliphatic carbocycles. The number of halogens is 1. The highest BCUT2D eigenvalue weighted by Crippen LogP contribution is 2.40.